The van der Waals surface area contributed by atoms with E-state index in [1.54, 1.807) is 13.8 Å². The second-order valence-corrected chi connectivity index (χ2v) is 14.2. The Balaban J connectivity index is 0.000000780. The van der Waals surface area contributed by atoms with Crippen molar-refractivity contribution in [3.05, 3.63) is 68.9 Å². The molecule has 54 heavy (non-hydrogen) atoms. The molecule has 2 aromatic heterocycles. The van der Waals surface area contributed by atoms with Crippen molar-refractivity contribution in [2.45, 2.75) is 48.5 Å². The van der Waals surface area contributed by atoms with Crippen LogP contribution >= 0.6 is 22.7 Å². The van der Waals surface area contributed by atoms with Crippen molar-refractivity contribution in [2.24, 2.45) is 10.2 Å². The Kier molecular flexibility index (Phi) is 21.0. The van der Waals surface area contributed by atoms with E-state index >= 15 is 0 Å². The van der Waals surface area contributed by atoms with Crippen LogP contribution in [0, 0.1) is 56.6 Å². The van der Waals surface area contributed by atoms with Crippen molar-refractivity contribution in [1.82, 2.24) is 0 Å². The van der Waals surface area contributed by atoms with Crippen LogP contribution in [0.5, 0.6) is 0 Å². The average molecular weight is 777 g/mol. The van der Waals surface area contributed by atoms with Crippen molar-refractivity contribution in [1.29, 1.82) is 10.5 Å². The molecule has 13 nitrogen and oxygen atoms in total. The van der Waals surface area contributed by atoms with Crippen LogP contribution in [0.15, 0.2) is 28.4 Å². The summed E-state index contributed by atoms with van der Waals surface area (Å²) in [6.45, 7) is 39.1. The summed E-state index contributed by atoms with van der Waals surface area (Å²) in [5.41, 5.74) is 10.5. The molecule has 0 bridgehead atoms. The van der Waals surface area contributed by atoms with Gasteiger partial charge in [-0.2, -0.15) is 10.5 Å². The first-order valence-electron chi connectivity index (χ1n) is 18.1. The van der Waals surface area contributed by atoms with Gasteiger partial charge < -0.3 is 34.1 Å². The highest BCUT2D eigenvalue weighted by Crippen LogP contribution is 2.41. The number of azo groups is 1. The molecule has 0 atom stereocenters. The van der Waals surface area contributed by atoms with Crippen LogP contribution in [0.3, 0.4) is 0 Å². The van der Waals surface area contributed by atoms with Crippen molar-refractivity contribution in [2.75, 3.05) is 103 Å². The van der Waals surface area contributed by atoms with E-state index in [1.165, 1.54) is 22.7 Å². The molecule has 0 spiro atoms. The number of likely N-dealkylation sites (N-methyl/N-ethyl adjacent to an activating group) is 2. The molecule has 15 heteroatoms. The molecule has 0 aliphatic carbocycles. The first-order valence-corrected chi connectivity index (χ1v) is 19.7. The number of thiophene rings is 2. The Morgan fingerprint density at radius 3 is 1.74 bits per heavy atom. The van der Waals surface area contributed by atoms with Gasteiger partial charge in [0, 0.05) is 18.8 Å². The molecule has 0 saturated carbocycles. The molecule has 2 N–H and O–H groups in total. The van der Waals surface area contributed by atoms with Crippen molar-refractivity contribution < 1.29 is 23.4 Å². The third-order valence-corrected chi connectivity index (χ3v) is 11.3. The number of anilines is 2. The molecule has 2 heterocycles. The standard InChI is InChI=1S/C32H49N6O4S.C7H5N3S/c1-8-37(14-16-39-18-20-41-22-23-42-21-19-40-17-15-38(9-2,10-3)11-4)28-12-13-30(26(5)24-28)35-36-32-29(25-33)27(6)31(34-7)43-32;1-4-5(3-8)6(9)11-7(4)10-2/h12-13,24H,8-11,14-23H2,1-6H3;9H2,1H3/q+1;. The SMILES string of the molecule is [C-]#[N+]c1sc(N)c(C#N)c1C.[C-]#[N+]c1sc(N=Nc2ccc(N(CC)CCOCCOCCOCCOCC[N+](CC)(CC)CC)cc2C)c(C#N)c1C. The van der Waals surface area contributed by atoms with Crippen molar-refractivity contribution >= 4 is 54.1 Å². The molecule has 290 valence electrons. The van der Waals surface area contributed by atoms with E-state index in [0.29, 0.717) is 88.5 Å². The summed E-state index contributed by atoms with van der Waals surface area (Å²) >= 11 is 2.36. The molecular weight excluding hydrogens is 723 g/mol. The Labute approximate surface area is 329 Å². The van der Waals surface area contributed by atoms with Gasteiger partial charge in [0.1, 0.15) is 23.7 Å². The zero-order valence-corrected chi connectivity index (χ0v) is 34.4. The van der Waals surface area contributed by atoms with Crippen LogP contribution in [-0.4, -0.2) is 96.6 Å². The summed E-state index contributed by atoms with van der Waals surface area (Å²) in [4.78, 5) is 8.96. The molecule has 3 aromatic rings. The third-order valence-electron chi connectivity index (χ3n) is 9.20. The van der Waals surface area contributed by atoms with Gasteiger partial charge in [-0.15, -0.1) is 32.9 Å². The van der Waals surface area contributed by atoms with Gasteiger partial charge in [-0.25, -0.2) is 9.69 Å². The molecule has 0 saturated heterocycles. The van der Waals surface area contributed by atoms with Gasteiger partial charge in [-0.1, -0.05) is 0 Å². The second-order valence-electron chi connectivity index (χ2n) is 12.1. The minimum atomic E-state index is 0.415. The van der Waals surface area contributed by atoms with Crippen LogP contribution in [0.4, 0.5) is 31.4 Å². The van der Waals surface area contributed by atoms with E-state index in [1.807, 2.05) is 25.1 Å². The molecule has 0 radical (unpaired) electrons. The normalized spacial score (nSPS) is 11.0. The number of rotatable bonds is 22. The Bertz CT molecular complexity index is 1800. The quantitative estimate of drug-likeness (QED) is 0.0460. The maximum Gasteiger partial charge on any atom is 0.247 e. The van der Waals surface area contributed by atoms with E-state index in [0.717, 1.165) is 67.3 Å². The van der Waals surface area contributed by atoms with Crippen LogP contribution in [-0.2, 0) is 18.9 Å². The highest BCUT2D eigenvalue weighted by atomic mass is 32.1. The lowest BCUT2D eigenvalue weighted by atomic mass is 10.1. The highest BCUT2D eigenvalue weighted by Gasteiger charge is 2.20. The number of nitrogens with zero attached hydrogens (tertiary/aromatic N) is 8. The minimum Gasteiger partial charge on any atom is -0.391 e. The summed E-state index contributed by atoms with van der Waals surface area (Å²) < 4.78 is 23.9. The molecule has 0 aliphatic rings. The van der Waals surface area contributed by atoms with Gasteiger partial charge in [0.25, 0.3) is 0 Å². The van der Waals surface area contributed by atoms with Gasteiger partial charge in [0.2, 0.25) is 10.0 Å². The Hall–Kier alpha value is -4.42. The van der Waals surface area contributed by atoms with Gasteiger partial charge in [0.05, 0.1) is 107 Å². The first-order chi connectivity index (χ1) is 26.1. The van der Waals surface area contributed by atoms with Crippen LogP contribution in [0.2, 0.25) is 0 Å². The maximum atomic E-state index is 9.43. The first kappa shape index (κ1) is 45.7. The molecule has 3 rings (SSSR count). The number of nitrogens with two attached hydrogens (primary N) is 1. The highest BCUT2D eigenvalue weighted by molar-refractivity contribution is 7.20. The van der Waals surface area contributed by atoms with Crippen LogP contribution in [0.25, 0.3) is 9.69 Å². The summed E-state index contributed by atoms with van der Waals surface area (Å²) in [5, 5.41) is 28.6. The predicted molar refractivity (Wildman–Crippen MR) is 218 cm³/mol. The van der Waals surface area contributed by atoms with Crippen LogP contribution in [0.1, 0.15) is 55.5 Å². The molecule has 0 aliphatic heterocycles. The Morgan fingerprint density at radius 1 is 0.759 bits per heavy atom. The largest absolute Gasteiger partial charge is 0.391 e. The number of hydrogen-bond donors (Lipinski definition) is 1. The third kappa shape index (κ3) is 13.8. The van der Waals surface area contributed by atoms with E-state index in [4.69, 9.17) is 43.1 Å². The monoisotopic (exact) mass is 776 g/mol. The number of hydrogen-bond acceptors (Lipinski definition) is 12. The van der Waals surface area contributed by atoms with E-state index in [-0.39, 0.29) is 0 Å². The van der Waals surface area contributed by atoms with Gasteiger partial charge in [0.15, 0.2) is 0 Å². The summed E-state index contributed by atoms with van der Waals surface area (Å²) in [6, 6.07) is 10.1. The number of nitriles is 2. The molecular formula is C39H54N9O4S2+. The number of ether oxygens (including phenoxy) is 4. The lowest BCUT2D eigenvalue weighted by molar-refractivity contribution is -0.923. The van der Waals surface area contributed by atoms with E-state index in [2.05, 4.69) is 64.6 Å². The average Bonchev–Trinajstić information content (AvgIpc) is 3.66. The number of quaternary nitrogens is 1. The Morgan fingerprint density at radius 2 is 1.28 bits per heavy atom. The van der Waals surface area contributed by atoms with Gasteiger partial charge in [-0.3, -0.25) is 0 Å². The zero-order valence-electron chi connectivity index (χ0n) is 32.7. The predicted octanol–water partition coefficient (Wildman–Crippen LogP) is 9.03. The van der Waals surface area contributed by atoms with E-state index < -0.39 is 0 Å². The zero-order chi connectivity index (χ0) is 39.9. The lowest BCUT2D eigenvalue weighted by Gasteiger charge is -2.35. The van der Waals surface area contributed by atoms with E-state index in [9.17, 15) is 5.26 Å². The molecule has 1 aromatic carbocycles. The number of nitrogen functional groups attached to an aromatic ring is 1. The topological polar surface area (TPSA) is 147 Å². The fourth-order valence-corrected chi connectivity index (χ4v) is 7.10. The fraction of sp³-hybridized carbons (Fsp3) is 0.538. The maximum absolute atomic E-state index is 9.43. The van der Waals surface area contributed by atoms with Gasteiger partial charge in [-0.05, 0) is 83.4 Å². The second kappa shape index (κ2) is 24.8. The van der Waals surface area contributed by atoms with Gasteiger partial charge >= 0.3 is 0 Å². The smallest absolute Gasteiger partial charge is 0.247 e. The van der Waals surface area contributed by atoms with Crippen molar-refractivity contribution in [3.8, 4) is 12.1 Å². The summed E-state index contributed by atoms with van der Waals surface area (Å²) in [6.07, 6.45) is 0. The molecule has 0 fully saturated rings. The number of benzene rings is 1. The molecule has 0 amide bonds. The van der Waals surface area contributed by atoms with Crippen LogP contribution < -0.4 is 10.6 Å². The molecule has 0 unspecified atom stereocenters. The minimum absolute atomic E-state index is 0.415. The summed E-state index contributed by atoms with van der Waals surface area (Å²) in [5.74, 6) is 0. The fourth-order valence-electron chi connectivity index (χ4n) is 5.42. The number of aryl methyl sites for hydroxylation is 1. The lowest BCUT2D eigenvalue weighted by Crippen LogP contribution is -2.49. The summed E-state index contributed by atoms with van der Waals surface area (Å²) in [7, 11) is 0. The van der Waals surface area contributed by atoms with Crippen molar-refractivity contribution in [3.63, 3.8) is 0 Å².